The Bertz CT molecular complexity index is 457. The Balaban J connectivity index is 2.05. The maximum absolute atomic E-state index is 5.76. The number of nitrogens with one attached hydrogen (secondary N) is 2. The molecule has 78 valence electrons. The summed E-state index contributed by atoms with van der Waals surface area (Å²) in [7, 11) is 0. The molecule has 0 amide bonds. The molecule has 1 aromatic heterocycles. The van der Waals surface area contributed by atoms with E-state index < -0.39 is 0 Å². The average molecular weight is 202 g/mol. The number of H-pyrrole nitrogens is 1. The lowest BCUT2D eigenvalue weighted by Crippen LogP contribution is -2.33. The van der Waals surface area contributed by atoms with Crippen molar-refractivity contribution in [3.05, 3.63) is 36.0 Å². The van der Waals surface area contributed by atoms with Gasteiger partial charge in [-0.2, -0.15) is 0 Å². The van der Waals surface area contributed by atoms with Crippen LogP contribution in [0.5, 0.6) is 0 Å². The number of rotatable bonds is 1. The highest BCUT2D eigenvalue weighted by atomic mass is 16.5. The van der Waals surface area contributed by atoms with Crippen molar-refractivity contribution in [2.45, 2.75) is 6.10 Å². The van der Waals surface area contributed by atoms with Crippen molar-refractivity contribution in [3.63, 3.8) is 0 Å². The van der Waals surface area contributed by atoms with Crippen LogP contribution in [0.2, 0.25) is 0 Å². The lowest BCUT2D eigenvalue weighted by atomic mass is 10.1. The van der Waals surface area contributed by atoms with Gasteiger partial charge in [0.05, 0.1) is 18.2 Å². The summed E-state index contributed by atoms with van der Waals surface area (Å²) >= 11 is 0. The van der Waals surface area contributed by atoms with E-state index in [2.05, 4.69) is 34.6 Å². The maximum Gasteiger partial charge on any atom is 0.0970 e. The molecule has 1 aliphatic heterocycles. The minimum atomic E-state index is 0.182. The second-order valence-electron chi connectivity index (χ2n) is 3.85. The number of para-hydroxylation sites is 1. The first-order chi connectivity index (χ1) is 7.45. The van der Waals surface area contributed by atoms with E-state index in [1.807, 2.05) is 6.20 Å². The molecule has 1 aliphatic rings. The molecule has 0 spiro atoms. The predicted molar refractivity (Wildman–Crippen MR) is 59.9 cm³/mol. The van der Waals surface area contributed by atoms with Gasteiger partial charge < -0.3 is 15.0 Å². The van der Waals surface area contributed by atoms with Crippen molar-refractivity contribution in [2.24, 2.45) is 0 Å². The maximum atomic E-state index is 5.76. The van der Waals surface area contributed by atoms with Gasteiger partial charge in [-0.1, -0.05) is 18.2 Å². The normalized spacial score (nSPS) is 22.0. The van der Waals surface area contributed by atoms with Gasteiger partial charge in [0, 0.05) is 24.8 Å². The van der Waals surface area contributed by atoms with E-state index in [4.69, 9.17) is 4.74 Å². The molecule has 0 radical (unpaired) electrons. The van der Waals surface area contributed by atoms with Crippen LogP contribution in [0.4, 0.5) is 0 Å². The summed E-state index contributed by atoms with van der Waals surface area (Å²) < 4.78 is 5.76. The Hall–Kier alpha value is -1.32. The molecule has 1 fully saturated rings. The van der Waals surface area contributed by atoms with Gasteiger partial charge in [-0.25, -0.2) is 0 Å². The van der Waals surface area contributed by atoms with Gasteiger partial charge in [0.1, 0.15) is 0 Å². The van der Waals surface area contributed by atoms with Crippen molar-refractivity contribution in [1.82, 2.24) is 10.3 Å². The molecule has 3 nitrogen and oxygen atoms in total. The fourth-order valence-electron chi connectivity index (χ4n) is 2.14. The summed E-state index contributed by atoms with van der Waals surface area (Å²) in [6, 6.07) is 8.43. The van der Waals surface area contributed by atoms with Crippen molar-refractivity contribution in [2.75, 3.05) is 19.7 Å². The smallest absolute Gasteiger partial charge is 0.0970 e. The number of benzene rings is 1. The number of fused-ring (bicyclic) bond motifs is 1. The van der Waals surface area contributed by atoms with Crippen molar-refractivity contribution in [3.8, 4) is 0 Å². The highest BCUT2D eigenvalue weighted by molar-refractivity contribution is 5.82. The SMILES string of the molecule is c1cc(C2CNCCO2)c2[nH]ccc2c1. The molecule has 0 bridgehead atoms. The van der Waals surface area contributed by atoms with E-state index in [1.165, 1.54) is 16.5 Å². The zero-order valence-corrected chi connectivity index (χ0v) is 8.49. The van der Waals surface area contributed by atoms with Crippen LogP contribution in [0.3, 0.4) is 0 Å². The van der Waals surface area contributed by atoms with E-state index in [9.17, 15) is 0 Å². The molecule has 1 aromatic carbocycles. The van der Waals surface area contributed by atoms with Crippen LogP contribution in [-0.2, 0) is 4.74 Å². The van der Waals surface area contributed by atoms with Gasteiger partial charge in [-0.15, -0.1) is 0 Å². The van der Waals surface area contributed by atoms with Gasteiger partial charge in [0.2, 0.25) is 0 Å². The number of hydrogen-bond acceptors (Lipinski definition) is 2. The first-order valence-corrected chi connectivity index (χ1v) is 5.33. The van der Waals surface area contributed by atoms with Crippen LogP contribution < -0.4 is 5.32 Å². The number of hydrogen-bond donors (Lipinski definition) is 2. The lowest BCUT2D eigenvalue weighted by Gasteiger charge is -2.24. The topological polar surface area (TPSA) is 37.0 Å². The monoisotopic (exact) mass is 202 g/mol. The fourth-order valence-corrected chi connectivity index (χ4v) is 2.14. The summed E-state index contributed by atoms with van der Waals surface area (Å²) in [6.07, 6.45) is 2.16. The number of ether oxygens (including phenoxy) is 1. The molecule has 1 atom stereocenters. The highest BCUT2D eigenvalue weighted by Crippen LogP contribution is 2.26. The molecule has 3 rings (SSSR count). The second-order valence-corrected chi connectivity index (χ2v) is 3.85. The fraction of sp³-hybridized carbons (Fsp3) is 0.333. The van der Waals surface area contributed by atoms with Gasteiger partial charge >= 0.3 is 0 Å². The lowest BCUT2D eigenvalue weighted by molar-refractivity contribution is 0.0285. The third-order valence-electron chi connectivity index (χ3n) is 2.89. The van der Waals surface area contributed by atoms with E-state index in [0.717, 1.165) is 19.7 Å². The third-order valence-corrected chi connectivity index (χ3v) is 2.89. The first kappa shape index (κ1) is 8.95. The zero-order chi connectivity index (χ0) is 10.1. The van der Waals surface area contributed by atoms with Gasteiger partial charge in [-0.3, -0.25) is 0 Å². The zero-order valence-electron chi connectivity index (χ0n) is 8.49. The molecule has 0 saturated carbocycles. The van der Waals surface area contributed by atoms with Crippen LogP contribution in [0.25, 0.3) is 10.9 Å². The molecular formula is C12H14N2O. The summed E-state index contributed by atoms with van der Waals surface area (Å²) in [5.74, 6) is 0. The van der Waals surface area contributed by atoms with Crippen molar-refractivity contribution >= 4 is 10.9 Å². The van der Waals surface area contributed by atoms with Crippen LogP contribution in [-0.4, -0.2) is 24.7 Å². The molecule has 0 aliphatic carbocycles. The van der Waals surface area contributed by atoms with E-state index in [-0.39, 0.29) is 6.10 Å². The van der Waals surface area contributed by atoms with Gasteiger partial charge in [-0.05, 0) is 11.5 Å². The third kappa shape index (κ3) is 1.54. The van der Waals surface area contributed by atoms with Crippen molar-refractivity contribution in [1.29, 1.82) is 0 Å². The van der Waals surface area contributed by atoms with Crippen LogP contribution in [0.1, 0.15) is 11.7 Å². The van der Waals surface area contributed by atoms with Crippen LogP contribution in [0.15, 0.2) is 30.5 Å². The van der Waals surface area contributed by atoms with Crippen molar-refractivity contribution < 1.29 is 4.74 Å². The Morgan fingerprint density at radius 3 is 3.13 bits per heavy atom. The predicted octanol–water partition coefficient (Wildman–Crippen LogP) is 1.83. The largest absolute Gasteiger partial charge is 0.371 e. The molecule has 15 heavy (non-hydrogen) atoms. The second kappa shape index (κ2) is 3.68. The molecule has 3 heteroatoms. The number of morpholine rings is 1. The summed E-state index contributed by atoms with van der Waals surface area (Å²) in [5.41, 5.74) is 2.45. The minimum absolute atomic E-state index is 0.182. The molecule has 1 saturated heterocycles. The Morgan fingerprint density at radius 2 is 2.27 bits per heavy atom. The number of aromatic amines is 1. The molecule has 2 N–H and O–H groups in total. The van der Waals surface area contributed by atoms with Gasteiger partial charge in [0.25, 0.3) is 0 Å². The quantitative estimate of drug-likeness (QED) is 0.740. The summed E-state index contributed by atoms with van der Waals surface area (Å²) in [6.45, 7) is 2.65. The average Bonchev–Trinajstić information content (AvgIpc) is 2.78. The molecule has 1 unspecified atom stereocenters. The van der Waals surface area contributed by atoms with E-state index >= 15 is 0 Å². The Kier molecular flexibility index (Phi) is 2.19. The first-order valence-electron chi connectivity index (χ1n) is 5.33. The Morgan fingerprint density at radius 1 is 1.27 bits per heavy atom. The molecular weight excluding hydrogens is 188 g/mol. The summed E-state index contributed by atoms with van der Waals surface area (Å²) in [4.78, 5) is 3.28. The van der Waals surface area contributed by atoms with Crippen LogP contribution in [0, 0.1) is 0 Å². The highest BCUT2D eigenvalue weighted by Gasteiger charge is 2.17. The molecule has 2 aromatic rings. The van der Waals surface area contributed by atoms with Crippen LogP contribution >= 0.6 is 0 Å². The van der Waals surface area contributed by atoms with E-state index in [0.29, 0.717) is 0 Å². The standard InChI is InChI=1S/C12H14N2O/c1-2-9-4-5-14-12(9)10(3-1)11-8-13-6-7-15-11/h1-5,11,13-14H,6-8H2. The molecule has 2 heterocycles. The summed E-state index contributed by atoms with van der Waals surface area (Å²) in [5, 5.41) is 4.60. The number of aromatic nitrogens is 1. The van der Waals surface area contributed by atoms with Gasteiger partial charge in [0.15, 0.2) is 0 Å². The van der Waals surface area contributed by atoms with E-state index in [1.54, 1.807) is 0 Å². The Labute approximate surface area is 88.4 Å². The minimum Gasteiger partial charge on any atom is -0.371 e.